The third-order valence-electron chi connectivity index (χ3n) is 3.44. The van der Waals surface area contributed by atoms with Gasteiger partial charge in [-0.3, -0.25) is 9.53 Å². The van der Waals surface area contributed by atoms with Gasteiger partial charge in [-0.05, 0) is 51.0 Å². The Morgan fingerprint density at radius 3 is 2.42 bits per heavy atom. The van der Waals surface area contributed by atoms with Crippen LogP contribution in [0.1, 0.15) is 23.7 Å². The minimum absolute atomic E-state index is 0.168. The maximum Gasteiger partial charge on any atom is 0.320 e. The summed E-state index contributed by atoms with van der Waals surface area (Å²) in [4.78, 5) is 12.0. The van der Waals surface area contributed by atoms with E-state index in [1.807, 2.05) is 33.8 Å². The zero-order chi connectivity index (χ0) is 17.9. The summed E-state index contributed by atoms with van der Waals surface area (Å²) < 4.78 is 13.0. The smallest absolute Gasteiger partial charge is 0.320 e. The first-order valence-electron chi connectivity index (χ1n) is 7.77. The Morgan fingerprint density at radius 2 is 1.83 bits per heavy atom. The summed E-state index contributed by atoms with van der Waals surface area (Å²) in [6.45, 7) is 7.85. The van der Waals surface area contributed by atoms with Crippen molar-refractivity contribution >= 4 is 22.6 Å². The van der Waals surface area contributed by atoms with Gasteiger partial charge in [-0.1, -0.05) is 6.07 Å². The standard InChI is InChI=1S/C17H24N4O2S/c1-11-6-12(2)8-15(7-11)21-14(4)9-16(20-21)19-17(22)18-13(3)10-24(5)23/h6-9,13H,10H2,1-5H3,(H2,18,19,20,22)/t13-,24-/m1/s1. The fraction of sp³-hybridized carbons (Fsp3) is 0.412. The van der Waals surface area contributed by atoms with Crippen LogP contribution in [0.4, 0.5) is 10.6 Å². The Labute approximate surface area is 145 Å². The second-order valence-electron chi connectivity index (χ2n) is 6.17. The van der Waals surface area contributed by atoms with Crippen molar-refractivity contribution in [2.45, 2.75) is 33.7 Å². The molecule has 130 valence electrons. The molecule has 0 fully saturated rings. The molecule has 0 saturated heterocycles. The van der Waals surface area contributed by atoms with Crippen LogP contribution in [-0.2, 0) is 10.8 Å². The Hall–Kier alpha value is -2.15. The molecular formula is C17H24N4O2S. The molecule has 0 radical (unpaired) electrons. The van der Waals surface area contributed by atoms with Gasteiger partial charge in [-0.15, -0.1) is 5.10 Å². The van der Waals surface area contributed by atoms with Crippen molar-refractivity contribution in [2.24, 2.45) is 0 Å². The lowest BCUT2D eigenvalue weighted by Gasteiger charge is -2.12. The summed E-state index contributed by atoms with van der Waals surface area (Å²) in [6.07, 6.45) is 1.62. The summed E-state index contributed by atoms with van der Waals surface area (Å²) >= 11 is 0. The molecule has 1 heterocycles. The van der Waals surface area contributed by atoms with E-state index < -0.39 is 10.8 Å². The Kier molecular flexibility index (Phi) is 5.77. The molecule has 0 bridgehead atoms. The molecule has 0 aliphatic rings. The molecule has 6 nitrogen and oxygen atoms in total. The normalized spacial score (nSPS) is 13.4. The summed E-state index contributed by atoms with van der Waals surface area (Å²) in [7, 11) is -0.950. The van der Waals surface area contributed by atoms with E-state index in [0.717, 1.165) is 22.5 Å². The van der Waals surface area contributed by atoms with Crippen LogP contribution < -0.4 is 10.6 Å². The molecular weight excluding hydrogens is 324 g/mol. The van der Waals surface area contributed by atoms with Gasteiger partial charge in [0.1, 0.15) is 0 Å². The van der Waals surface area contributed by atoms with Crippen LogP contribution in [0.2, 0.25) is 0 Å². The van der Waals surface area contributed by atoms with Crippen molar-refractivity contribution in [3.05, 3.63) is 41.1 Å². The van der Waals surface area contributed by atoms with E-state index in [2.05, 4.69) is 33.9 Å². The lowest BCUT2D eigenvalue weighted by molar-refractivity contribution is 0.250. The highest BCUT2D eigenvalue weighted by molar-refractivity contribution is 7.84. The molecule has 0 aliphatic carbocycles. The first-order chi connectivity index (χ1) is 11.2. The van der Waals surface area contributed by atoms with Crippen LogP contribution in [-0.4, -0.2) is 38.1 Å². The van der Waals surface area contributed by atoms with Crippen molar-refractivity contribution in [1.29, 1.82) is 0 Å². The SMILES string of the molecule is Cc1cc(C)cc(-n2nc(NC(=O)N[C@H](C)C[S@@](C)=O)cc2C)c1. The van der Waals surface area contributed by atoms with Crippen LogP contribution in [0.25, 0.3) is 5.69 Å². The van der Waals surface area contributed by atoms with Crippen molar-refractivity contribution < 1.29 is 9.00 Å². The highest BCUT2D eigenvalue weighted by Gasteiger charge is 2.12. The van der Waals surface area contributed by atoms with E-state index >= 15 is 0 Å². The zero-order valence-corrected chi connectivity index (χ0v) is 15.5. The van der Waals surface area contributed by atoms with Crippen LogP contribution in [0, 0.1) is 20.8 Å². The average molecular weight is 348 g/mol. The third-order valence-corrected chi connectivity index (χ3v) is 4.41. The lowest BCUT2D eigenvalue weighted by atomic mass is 10.1. The number of carbonyl (C=O) groups is 1. The number of benzene rings is 1. The molecule has 1 aromatic heterocycles. The molecule has 2 atom stereocenters. The number of nitrogens with one attached hydrogen (secondary N) is 2. The van der Waals surface area contributed by atoms with E-state index in [-0.39, 0.29) is 12.1 Å². The summed E-state index contributed by atoms with van der Waals surface area (Å²) in [6, 6.07) is 7.51. The van der Waals surface area contributed by atoms with Crippen LogP contribution in [0.5, 0.6) is 0 Å². The fourth-order valence-corrected chi connectivity index (χ4v) is 3.43. The summed E-state index contributed by atoms with van der Waals surface area (Å²) in [5.74, 6) is 0.901. The molecule has 0 aliphatic heterocycles. The van der Waals surface area contributed by atoms with Crippen LogP contribution in [0.3, 0.4) is 0 Å². The van der Waals surface area contributed by atoms with E-state index in [1.54, 1.807) is 10.9 Å². The molecule has 2 amide bonds. The first-order valence-corrected chi connectivity index (χ1v) is 9.50. The van der Waals surface area contributed by atoms with E-state index in [1.165, 1.54) is 0 Å². The van der Waals surface area contributed by atoms with Crippen molar-refractivity contribution in [3.63, 3.8) is 0 Å². The van der Waals surface area contributed by atoms with Crippen LogP contribution >= 0.6 is 0 Å². The van der Waals surface area contributed by atoms with Crippen LogP contribution in [0.15, 0.2) is 24.3 Å². The minimum atomic E-state index is -0.950. The topological polar surface area (TPSA) is 76.0 Å². The number of aryl methyl sites for hydroxylation is 3. The third kappa shape index (κ3) is 4.92. The van der Waals surface area contributed by atoms with Gasteiger partial charge < -0.3 is 5.32 Å². The predicted octanol–water partition coefficient (Wildman–Crippen LogP) is 2.69. The minimum Gasteiger partial charge on any atom is -0.334 e. The average Bonchev–Trinajstić information content (AvgIpc) is 2.76. The molecule has 2 rings (SSSR count). The molecule has 0 unspecified atom stereocenters. The molecule has 7 heteroatoms. The Morgan fingerprint density at radius 1 is 1.21 bits per heavy atom. The number of urea groups is 1. The van der Waals surface area contributed by atoms with Gasteiger partial charge in [0.2, 0.25) is 0 Å². The number of aromatic nitrogens is 2. The quantitative estimate of drug-likeness (QED) is 0.872. The first kappa shape index (κ1) is 18.2. The van der Waals surface area contributed by atoms with Gasteiger partial charge in [0, 0.05) is 40.6 Å². The number of nitrogens with zero attached hydrogens (tertiary/aromatic N) is 2. The van der Waals surface area contributed by atoms with Gasteiger partial charge in [-0.2, -0.15) is 0 Å². The number of rotatable bonds is 5. The molecule has 0 saturated carbocycles. The lowest BCUT2D eigenvalue weighted by Crippen LogP contribution is -2.39. The van der Waals surface area contributed by atoms with Gasteiger partial charge in [0.05, 0.1) is 5.69 Å². The maximum atomic E-state index is 12.0. The van der Waals surface area contributed by atoms with E-state index in [0.29, 0.717) is 11.6 Å². The molecule has 0 spiro atoms. The number of carbonyl (C=O) groups excluding carboxylic acids is 1. The van der Waals surface area contributed by atoms with Crippen molar-refractivity contribution in [2.75, 3.05) is 17.3 Å². The number of amides is 2. The fourth-order valence-electron chi connectivity index (χ4n) is 2.64. The monoisotopic (exact) mass is 348 g/mol. The van der Waals surface area contributed by atoms with Gasteiger partial charge in [-0.25, -0.2) is 9.48 Å². The predicted molar refractivity (Wildman–Crippen MR) is 98.3 cm³/mol. The van der Waals surface area contributed by atoms with Gasteiger partial charge >= 0.3 is 6.03 Å². The highest BCUT2D eigenvalue weighted by Crippen LogP contribution is 2.18. The zero-order valence-electron chi connectivity index (χ0n) is 14.7. The van der Waals surface area contributed by atoms with Crippen molar-refractivity contribution in [3.8, 4) is 5.69 Å². The Balaban J connectivity index is 2.11. The van der Waals surface area contributed by atoms with Gasteiger partial charge in [0.25, 0.3) is 0 Å². The summed E-state index contributed by atoms with van der Waals surface area (Å²) in [5.41, 5.74) is 4.22. The number of hydrogen-bond donors (Lipinski definition) is 2. The molecule has 2 N–H and O–H groups in total. The second kappa shape index (κ2) is 7.61. The van der Waals surface area contributed by atoms with Crippen molar-refractivity contribution in [1.82, 2.24) is 15.1 Å². The molecule has 1 aromatic carbocycles. The van der Waals surface area contributed by atoms with E-state index in [9.17, 15) is 9.00 Å². The number of anilines is 1. The van der Waals surface area contributed by atoms with E-state index in [4.69, 9.17) is 0 Å². The number of hydrogen-bond acceptors (Lipinski definition) is 3. The second-order valence-corrected chi connectivity index (χ2v) is 7.65. The highest BCUT2D eigenvalue weighted by atomic mass is 32.2. The maximum absolute atomic E-state index is 12.0. The largest absolute Gasteiger partial charge is 0.334 e. The summed E-state index contributed by atoms with van der Waals surface area (Å²) in [5, 5.41) is 9.93. The molecule has 24 heavy (non-hydrogen) atoms. The Bertz CT molecular complexity index is 750. The van der Waals surface area contributed by atoms with Gasteiger partial charge in [0.15, 0.2) is 5.82 Å². The molecule has 2 aromatic rings.